The number of ether oxygens (including phenoxy) is 1. The van der Waals surface area contributed by atoms with E-state index in [9.17, 15) is 14.7 Å². The summed E-state index contributed by atoms with van der Waals surface area (Å²) in [4.78, 5) is 30.0. The SMILES string of the molecule is C=CCOc1cccc(C2/C(=C(/O)c3ccc(C)cc3)C(=O)C(=O)N2CCN(CC)CC)c1. The molecule has 3 rings (SSSR count). The van der Waals surface area contributed by atoms with Crippen molar-refractivity contribution in [1.82, 2.24) is 9.80 Å². The molecule has 0 spiro atoms. The molecule has 1 N–H and O–H groups in total. The smallest absolute Gasteiger partial charge is 0.295 e. The molecule has 1 fully saturated rings. The van der Waals surface area contributed by atoms with Crippen LogP contribution in [0.15, 0.2) is 66.8 Å². The molecule has 1 unspecified atom stereocenters. The molecular weight excluding hydrogens is 416 g/mol. The lowest BCUT2D eigenvalue weighted by Crippen LogP contribution is -2.38. The van der Waals surface area contributed by atoms with Crippen molar-refractivity contribution in [2.75, 3.05) is 32.8 Å². The van der Waals surface area contributed by atoms with E-state index in [0.717, 1.165) is 18.7 Å². The van der Waals surface area contributed by atoms with Gasteiger partial charge in [-0.05, 0) is 37.7 Å². The zero-order chi connectivity index (χ0) is 24.0. The van der Waals surface area contributed by atoms with E-state index in [1.165, 1.54) is 0 Å². The van der Waals surface area contributed by atoms with Crippen LogP contribution in [-0.2, 0) is 9.59 Å². The molecule has 2 aromatic carbocycles. The Kier molecular flexibility index (Phi) is 8.06. The van der Waals surface area contributed by atoms with Gasteiger partial charge in [0, 0.05) is 18.7 Å². The summed E-state index contributed by atoms with van der Waals surface area (Å²) in [6.07, 6.45) is 1.65. The molecular formula is C27H32N2O4. The van der Waals surface area contributed by atoms with Crippen LogP contribution in [0.5, 0.6) is 5.75 Å². The highest BCUT2D eigenvalue weighted by Gasteiger charge is 2.46. The van der Waals surface area contributed by atoms with Gasteiger partial charge in [0.2, 0.25) is 0 Å². The molecule has 1 aliphatic heterocycles. The first-order valence-electron chi connectivity index (χ1n) is 11.3. The standard InChI is InChI=1S/C27H32N2O4/c1-5-17-33-22-10-8-9-21(18-22)24-23(25(30)20-13-11-19(4)12-14-20)26(31)27(32)29(24)16-15-28(6-2)7-3/h5,8-14,18,24,30H,1,6-7,15-17H2,2-4H3/b25-23-. The summed E-state index contributed by atoms with van der Waals surface area (Å²) in [6, 6.07) is 13.8. The molecule has 1 atom stereocenters. The molecule has 1 amide bonds. The Hall–Kier alpha value is -3.38. The second-order valence-corrected chi connectivity index (χ2v) is 8.06. The molecule has 6 nitrogen and oxygen atoms in total. The van der Waals surface area contributed by atoms with E-state index in [2.05, 4.69) is 25.3 Å². The van der Waals surface area contributed by atoms with Crippen molar-refractivity contribution in [3.63, 3.8) is 0 Å². The maximum Gasteiger partial charge on any atom is 0.295 e. The van der Waals surface area contributed by atoms with E-state index in [0.29, 0.717) is 36.6 Å². The summed E-state index contributed by atoms with van der Waals surface area (Å²) in [5.41, 5.74) is 2.36. The topological polar surface area (TPSA) is 70.1 Å². The van der Waals surface area contributed by atoms with Gasteiger partial charge >= 0.3 is 0 Å². The zero-order valence-corrected chi connectivity index (χ0v) is 19.6. The van der Waals surface area contributed by atoms with Crippen LogP contribution in [0.2, 0.25) is 0 Å². The molecule has 2 aromatic rings. The Labute approximate surface area is 195 Å². The van der Waals surface area contributed by atoms with Gasteiger partial charge in [-0.3, -0.25) is 9.59 Å². The van der Waals surface area contributed by atoms with Gasteiger partial charge in [-0.15, -0.1) is 0 Å². The summed E-state index contributed by atoms with van der Waals surface area (Å²) in [5.74, 6) is -0.827. The van der Waals surface area contributed by atoms with Gasteiger partial charge in [0.15, 0.2) is 0 Å². The predicted octanol–water partition coefficient (Wildman–Crippen LogP) is 4.32. The number of Topliss-reactive ketones (excluding diaryl/α,β-unsaturated/α-hetero) is 1. The molecule has 1 saturated heterocycles. The van der Waals surface area contributed by atoms with Crippen LogP contribution in [0.25, 0.3) is 5.76 Å². The summed E-state index contributed by atoms with van der Waals surface area (Å²) in [7, 11) is 0. The minimum atomic E-state index is -0.700. The summed E-state index contributed by atoms with van der Waals surface area (Å²) >= 11 is 0. The van der Waals surface area contributed by atoms with Gasteiger partial charge < -0.3 is 19.6 Å². The van der Waals surface area contributed by atoms with Crippen molar-refractivity contribution in [3.05, 3.63) is 83.4 Å². The number of amides is 1. The Morgan fingerprint density at radius 2 is 1.85 bits per heavy atom. The third-order valence-electron chi connectivity index (χ3n) is 5.96. The maximum absolute atomic E-state index is 13.2. The molecule has 1 heterocycles. The maximum atomic E-state index is 13.2. The predicted molar refractivity (Wildman–Crippen MR) is 130 cm³/mol. The molecule has 33 heavy (non-hydrogen) atoms. The fourth-order valence-electron chi connectivity index (χ4n) is 4.04. The first kappa shape index (κ1) is 24.3. The van der Waals surface area contributed by atoms with Crippen LogP contribution < -0.4 is 4.74 Å². The molecule has 6 heteroatoms. The van der Waals surface area contributed by atoms with Crippen LogP contribution in [0, 0.1) is 6.92 Å². The van der Waals surface area contributed by atoms with Gasteiger partial charge in [0.05, 0.1) is 11.6 Å². The van der Waals surface area contributed by atoms with E-state index >= 15 is 0 Å². The second-order valence-electron chi connectivity index (χ2n) is 8.06. The number of carbonyl (C=O) groups excluding carboxylic acids is 2. The van der Waals surface area contributed by atoms with E-state index < -0.39 is 17.7 Å². The van der Waals surface area contributed by atoms with Crippen molar-refractivity contribution >= 4 is 17.4 Å². The van der Waals surface area contributed by atoms with E-state index in [1.807, 2.05) is 43.3 Å². The molecule has 0 radical (unpaired) electrons. The summed E-state index contributed by atoms with van der Waals surface area (Å²) < 4.78 is 5.68. The Balaban J connectivity index is 2.09. The Morgan fingerprint density at radius 3 is 2.48 bits per heavy atom. The largest absolute Gasteiger partial charge is 0.507 e. The van der Waals surface area contributed by atoms with Crippen molar-refractivity contribution in [2.24, 2.45) is 0 Å². The average molecular weight is 449 g/mol. The highest BCUT2D eigenvalue weighted by atomic mass is 16.5. The second kappa shape index (κ2) is 11.0. The number of benzene rings is 2. The van der Waals surface area contributed by atoms with Crippen LogP contribution in [0.4, 0.5) is 0 Å². The minimum absolute atomic E-state index is 0.101. The van der Waals surface area contributed by atoms with Gasteiger partial charge in [0.25, 0.3) is 11.7 Å². The number of rotatable bonds is 10. The van der Waals surface area contributed by atoms with Gasteiger partial charge in [0.1, 0.15) is 18.1 Å². The molecule has 0 aliphatic carbocycles. The van der Waals surface area contributed by atoms with Crippen LogP contribution in [-0.4, -0.2) is 59.4 Å². The molecule has 174 valence electrons. The number of carbonyl (C=O) groups is 2. The number of nitrogens with zero attached hydrogens (tertiary/aromatic N) is 2. The highest BCUT2D eigenvalue weighted by Crippen LogP contribution is 2.40. The Bertz CT molecular complexity index is 1040. The first-order valence-corrected chi connectivity index (χ1v) is 11.3. The number of likely N-dealkylation sites (tertiary alicyclic amines) is 1. The minimum Gasteiger partial charge on any atom is -0.507 e. The van der Waals surface area contributed by atoms with Crippen molar-refractivity contribution < 1.29 is 19.4 Å². The first-order chi connectivity index (χ1) is 15.9. The normalized spacial score (nSPS) is 17.6. The number of likely N-dealkylation sites (N-methyl/N-ethyl adjacent to an activating group) is 1. The third-order valence-corrected chi connectivity index (χ3v) is 5.96. The number of hydrogen-bond donors (Lipinski definition) is 1. The quantitative estimate of drug-likeness (QED) is 0.254. The number of hydrogen-bond acceptors (Lipinski definition) is 5. The molecule has 0 bridgehead atoms. The van der Waals surface area contributed by atoms with Gasteiger partial charge in [-0.1, -0.05) is 68.5 Å². The van der Waals surface area contributed by atoms with Crippen LogP contribution in [0.3, 0.4) is 0 Å². The van der Waals surface area contributed by atoms with Crippen LogP contribution >= 0.6 is 0 Å². The van der Waals surface area contributed by atoms with Crippen LogP contribution in [0.1, 0.15) is 36.6 Å². The summed E-state index contributed by atoms with van der Waals surface area (Å²) in [6.45, 7) is 12.8. The lowest BCUT2D eigenvalue weighted by Gasteiger charge is -2.28. The fraction of sp³-hybridized carbons (Fsp3) is 0.333. The average Bonchev–Trinajstić information content (AvgIpc) is 3.08. The number of aliphatic hydroxyl groups is 1. The molecule has 0 saturated carbocycles. The van der Waals surface area contributed by atoms with E-state index in [-0.39, 0.29) is 11.3 Å². The molecule has 0 aromatic heterocycles. The number of ketones is 1. The molecule has 1 aliphatic rings. The van der Waals surface area contributed by atoms with Crippen molar-refractivity contribution in [3.8, 4) is 5.75 Å². The third kappa shape index (κ3) is 5.34. The zero-order valence-electron chi connectivity index (χ0n) is 19.6. The lowest BCUT2D eigenvalue weighted by atomic mass is 9.95. The van der Waals surface area contributed by atoms with Crippen molar-refractivity contribution in [2.45, 2.75) is 26.8 Å². The number of aliphatic hydroxyl groups excluding tert-OH is 1. The van der Waals surface area contributed by atoms with Crippen molar-refractivity contribution in [1.29, 1.82) is 0 Å². The monoisotopic (exact) mass is 448 g/mol. The highest BCUT2D eigenvalue weighted by molar-refractivity contribution is 6.46. The fourth-order valence-corrected chi connectivity index (χ4v) is 4.04. The number of aryl methyl sites for hydroxylation is 1. The lowest BCUT2D eigenvalue weighted by molar-refractivity contribution is -0.140. The Morgan fingerprint density at radius 1 is 1.15 bits per heavy atom. The van der Waals surface area contributed by atoms with Gasteiger partial charge in [-0.25, -0.2) is 0 Å². The van der Waals surface area contributed by atoms with E-state index in [4.69, 9.17) is 4.74 Å². The summed E-state index contributed by atoms with van der Waals surface area (Å²) in [5, 5.41) is 11.2. The van der Waals surface area contributed by atoms with E-state index in [1.54, 1.807) is 23.1 Å². The van der Waals surface area contributed by atoms with Gasteiger partial charge in [-0.2, -0.15) is 0 Å².